The van der Waals surface area contributed by atoms with Gasteiger partial charge in [-0.15, -0.1) is 0 Å². The molecule has 1 aliphatic heterocycles. The van der Waals surface area contributed by atoms with Gasteiger partial charge in [0.2, 0.25) is 0 Å². The van der Waals surface area contributed by atoms with Crippen molar-refractivity contribution in [1.29, 1.82) is 0 Å². The van der Waals surface area contributed by atoms with Crippen molar-refractivity contribution in [1.82, 2.24) is 5.32 Å². The van der Waals surface area contributed by atoms with E-state index in [1.54, 1.807) is 0 Å². The Bertz CT molecular complexity index is 40.8. The Morgan fingerprint density at radius 2 is 2.50 bits per heavy atom. The zero-order valence-electron chi connectivity index (χ0n) is 3.65. The lowest BCUT2D eigenvalue weighted by molar-refractivity contribution is 0.859. The molecule has 0 aromatic rings. The zero-order chi connectivity index (χ0) is 4.41. The lowest BCUT2D eigenvalue weighted by atomic mass is 10.4. The average Bonchev–Trinajstić information content (AvgIpc) is 1.86. The van der Waals surface area contributed by atoms with Gasteiger partial charge >= 0.3 is 0 Å². The van der Waals surface area contributed by atoms with E-state index < -0.39 is 0 Å². The monoisotopic (exact) mass is 103 g/mol. The molecule has 1 atom stereocenters. The Morgan fingerprint density at radius 3 is 2.67 bits per heavy atom. The molecule has 1 heterocycles. The van der Waals surface area contributed by atoms with Crippen LogP contribution in [0.25, 0.3) is 0 Å². The minimum absolute atomic E-state index is 0.630. The summed E-state index contributed by atoms with van der Waals surface area (Å²) in [7, 11) is 0. The van der Waals surface area contributed by atoms with Crippen molar-refractivity contribution in [2.24, 2.45) is 0 Å². The molecular weight excluding hydrogens is 94.1 g/mol. The van der Waals surface area contributed by atoms with Gasteiger partial charge in [-0.1, -0.05) is 0 Å². The SMILES string of the molecule is S[C@@H]1CCNC1. The summed E-state index contributed by atoms with van der Waals surface area (Å²) in [6, 6.07) is 0. The van der Waals surface area contributed by atoms with Crippen molar-refractivity contribution in [2.75, 3.05) is 13.1 Å². The molecule has 0 radical (unpaired) electrons. The number of rotatable bonds is 0. The van der Waals surface area contributed by atoms with Gasteiger partial charge in [0.15, 0.2) is 0 Å². The van der Waals surface area contributed by atoms with Gasteiger partial charge in [-0.05, 0) is 13.0 Å². The number of nitrogens with one attached hydrogen (secondary N) is 1. The van der Waals surface area contributed by atoms with Crippen LogP contribution in [0.3, 0.4) is 0 Å². The van der Waals surface area contributed by atoms with Crippen molar-refractivity contribution in [3.63, 3.8) is 0 Å². The standard InChI is InChI=1S/C4H9NS/c6-4-1-2-5-3-4/h4-6H,1-3H2/t4-/m1/s1. The normalized spacial score (nSPS) is 34.5. The first kappa shape index (κ1) is 4.47. The molecule has 0 bridgehead atoms. The van der Waals surface area contributed by atoms with E-state index in [4.69, 9.17) is 0 Å². The molecule has 36 valence electrons. The topological polar surface area (TPSA) is 12.0 Å². The summed E-state index contributed by atoms with van der Waals surface area (Å²) in [5.41, 5.74) is 0. The smallest absolute Gasteiger partial charge is 0.0154 e. The lowest BCUT2D eigenvalue weighted by Crippen LogP contribution is -2.07. The van der Waals surface area contributed by atoms with E-state index >= 15 is 0 Å². The van der Waals surface area contributed by atoms with Crippen LogP contribution in [0.15, 0.2) is 0 Å². The largest absolute Gasteiger partial charge is 0.316 e. The van der Waals surface area contributed by atoms with Crippen LogP contribution in [0.2, 0.25) is 0 Å². The molecule has 1 aliphatic rings. The average molecular weight is 103 g/mol. The van der Waals surface area contributed by atoms with Crippen LogP contribution >= 0.6 is 12.6 Å². The summed E-state index contributed by atoms with van der Waals surface area (Å²) in [4.78, 5) is 0. The van der Waals surface area contributed by atoms with Gasteiger partial charge in [0.1, 0.15) is 0 Å². The Hall–Kier alpha value is 0.310. The first-order valence-corrected chi connectivity index (χ1v) is 2.80. The maximum absolute atomic E-state index is 4.23. The predicted molar refractivity (Wildman–Crippen MR) is 30.3 cm³/mol. The molecule has 1 N–H and O–H groups in total. The van der Waals surface area contributed by atoms with Crippen LogP contribution in [-0.4, -0.2) is 18.3 Å². The zero-order valence-corrected chi connectivity index (χ0v) is 4.54. The molecule has 0 spiro atoms. The Morgan fingerprint density at radius 1 is 1.67 bits per heavy atom. The Kier molecular flexibility index (Phi) is 1.37. The van der Waals surface area contributed by atoms with E-state index in [0.29, 0.717) is 5.25 Å². The molecule has 0 aromatic heterocycles. The Balaban J connectivity index is 2.18. The van der Waals surface area contributed by atoms with Gasteiger partial charge in [-0.3, -0.25) is 0 Å². The molecule has 0 unspecified atom stereocenters. The highest BCUT2D eigenvalue weighted by Gasteiger charge is 2.07. The fourth-order valence-electron chi connectivity index (χ4n) is 0.639. The second kappa shape index (κ2) is 1.85. The molecule has 1 saturated heterocycles. The maximum atomic E-state index is 4.23. The number of hydrogen-bond donors (Lipinski definition) is 2. The van der Waals surface area contributed by atoms with Gasteiger partial charge in [0.25, 0.3) is 0 Å². The highest BCUT2D eigenvalue weighted by atomic mass is 32.1. The molecular formula is C4H9NS. The van der Waals surface area contributed by atoms with Crippen LogP contribution in [0.1, 0.15) is 6.42 Å². The van der Waals surface area contributed by atoms with Crippen LogP contribution in [0.5, 0.6) is 0 Å². The van der Waals surface area contributed by atoms with Gasteiger partial charge in [0.05, 0.1) is 0 Å². The van der Waals surface area contributed by atoms with E-state index in [1.807, 2.05) is 0 Å². The number of thiol groups is 1. The first-order chi connectivity index (χ1) is 2.89. The minimum Gasteiger partial charge on any atom is -0.316 e. The second-order valence-electron chi connectivity index (χ2n) is 1.65. The van der Waals surface area contributed by atoms with Crippen LogP contribution < -0.4 is 5.32 Å². The van der Waals surface area contributed by atoms with Crippen molar-refractivity contribution in [3.8, 4) is 0 Å². The highest BCUT2D eigenvalue weighted by molar-refractivity contribution is 7.81. The van der Waals surface area contributed by atoms with Crippen molar-refractivity contribution < 1.29 is 0 Å². The molecule has 0 saturated carbocycles. The maximum Gasteiger partial charge on any atom is 0.0154 e. The third kappa shape index (κ3) is 0.884. The van der Waals surface area contributed by atoms with E-state index in [0.717, 1.165) is 13.1 Å². The van der Waals surface area contributed by atoms with E-state index in [9.17, 15) is 0 Å². The Labute approximate surface area is 43.5 Å². The van der Waals surface area contributed by atoms with Gasteiger partial charge in [-0.25, -0.2) is 0 Å². The first-order valence-electron chi connectivity index (χ1n) is 2.28. The van der Waals surface area contributed by atoms with E-state index in [-0.39, 0.29) is 0 Å². The molecule has 1 nitrogen and oxygen atoms in total. The summed E-state index contributed by atoms with van der Waals surface area (Å²) < 4.78 is 0. The fourth-order valence-corrected chi connectivity index (χ4v) is 0.898. The van der Waals surface area contributed by atoms with Crippen LogP contribution in [0, 0.1) is 0 Å². The van der Waals surface area contributed by atoms with Crippen LogP contribution in [0.4, 0.5) is 0 Å². The molecule has 2 heteroatoms. The third-order valence-electron chi connectivity index (χ3n) is 1.03. The minimum atomic E-state index is 0.630. The molecule has 1 fully saturated rings. The summed E-state index contributed by atoms with van der Waals surface area (Å²) in [6.07, 6.45) is 1.24. The van der Waals surface area contributed by atoms with Crippen molar-refractivity contribution in [2.45, 2.75) is 11.7 Å². The molecule has 6 heavy (non-hydrogen) atoms. The van der Waals surface area contributed by atoms with Crippen LogP contribution in [-0.2, 0) is 0 Å². The lowest BCUT2D eigenvalue weighted by Gasteiger charge is -1.89. The molecule has 1 rings (SSSR count). The van der Waals surface area contributed by atoms with E-state index in [2.05, 4.69) is 17.9 Å². The van der Waals surface area contributed by atoms with Gasteiger partial charge in [-0.2, -0.15) is 12.6 Å². The molecule has 0 aliphatic carbocycles. The van der Waals surface area contributed by atoms with Crippen molar-refractivity contribution >= 4 is 12.6 Å². The summed E-state index contributed by atoms with van der Waals surface area (Å²) in [5.74, 6) is 0. The van der Waals surface area contributed by atoms with E-state index in [1.165, 1.54) is 6.42 Å². The third-order valence-corrected chi connectivity index (χ3v) is 1.48. The van der Waals surface area contributed by atoms with Gasteiger partial charge < -0.3 is 5.32 Å². The highest BCUT2D eigenvalue weighted by Crippen LogP contribution is 2.02. The summed E-state index contributed by atoms with van der Waals surface area (Å²) in [5, 5.41) is 3.83. The molecule has 0 aromatic carbocycles. The van der Waals surface area contributed by atoms with Crippen molar-refractivity contribution in [3.05, 3.63) is 0 Å². The quantitative estimate of drug-likeness (QED) is 0.420. The second-order valence-corrected chi connectivity index (χ2v) is 2.38. The fraction of sp³-hybridized carbons (Fsp3) is 1.00. The van der Waals surface area contributed by atoms with Gasteiger partial charge in [0, 0.05) is 11.8 Å². The predicted octanol–water partition coefficient (Wildman–Crippen LogP) is 0.278. The number of hydrogen-bond acceptors (Lipinski definition) is 2. The summed E-state index contributed by atoms with van der Waals surface area (Å²) in [6.45, 7) is 2.26. The summed E-state index contributed by atoms with van der Waals surface area (Å²) >= 11 is 4.23. The molecule has 0 amide bonds.